The van der Waals surface area contributed by atoms with Gasteiger partial charge in [0.2, 0.25) is 0 Å². The Morgan fingerprint density at radius 2 is 1.83 bits per heavy atom. The SMILES string of the molecule is CC1CN(Cc2ccc(C(N)=S)cc2)CC(C)O1. The zero-order valence-electron chi connectivity index (χ0n) is 10.9. The second-order valence-corrected chi connectivity index (χ2v) is 5.45. The fraction of sp³-hybridized carbons (Fsp3) is 0.500. The first-order chi connectivity index (χ1) is 8.54. The summed E-state index contributed by atoms with van der Waals surface area (Å²) in [6, 6.07) is 8.18. The Morgan fingerprint density at radius 3 is 2.33 bits per heavy atom. The molecule has 1 aliphatic rings. The molecule has 1 aromatic carbocycles. The molecule has 1 fully saturated rings. The molecule has 0 aromatic heterocycles. The third-order valence-corrected chi connectivity index (χ3v) is 3.38. The van der Waals surface area contributed by atoms with Gasteiger partial charge in [0.15, 0.2) is 0 Å². The average molecular weight is 264 g/mol. The van der Waals surface area contributed by atoms with E-state index >= 15 is 0 Å². The van der Waals surface area contributed by atoms with E-state index in [9.17, 15) is 0 Å². The fourth-order valence-corrected chi connectivity index (χ4v) is 2.58. The molecule has 1 aliphatic heterocycles. The Balaban J connectivity index is 1.98. The first-order valence-electron chi connectivity index (χ1n) is 6.31. The lowest BCUT2D eigenvalue weighted by Crippen LogP contribution is -2.44. The first kappa shape index (κ1) is 13.5. The summed E-state index contributed by atoms with van der Waals surface area (Å²) in [6.07, 6.45) is 0.620. The summed E-state index contributed by atoms with van der Waals surface area (Å²) >= 11 is 4.95. The number of benzene rings is 1. The third-order valence-electron chi connectivity index (χ3n) is 3.14. The first-order valence-corrected chi connectivity index (χ1v) is 6.72. The van der Waals surface area contributed by atoms with Crippen molar-refractivity contribution in [2.75, 3.05) is 13.1 Å². The molecule has 1 saturated heterocycles. The Kier molecular flexibility index (Phi) is 4.32. The number of nitrogens with zero attached hydrogens (tertiary/aromatic N) is 1. The molecule has 1 heterocycles. The van der Waals surface area contributed by atoms with Gasteiger partial charge in [-0.15, -0.1) is 0 Å². The summed E-state index contributed by atoms with van der Waals surface area (Å²) in [5, 5.41) is 0. The number of thiocarbonyl (C=S) groups is 1. The van der Waals surface area contributed by atoms with E-state index in [4.69, 9.17) is 22.7 Å². The molecule has 1 aromatic rings. The number of nitrogens with two attached hydrogens (primary N) is 1. The molecule has 2 unspecified atom stereocenters. The van der Waals surface area contributed by atoms with Gasteiger partial charge in [-0.2, -0.15) is 0 Å². The molecule has 18 heavy (non-hydrogen) atoms. The molecular weight excluding hydrogens is 244 g/mol. The number of rotatable bonds is 3. The summed E-state index contributed by atoms with van der Waals surface area (Å²) in [5.74, 6) is 0. The van der Waals surface area contributed by atoms with Crippen molar-refractivity contribution in [3.63, 3.8) is 0 Å². The van der Waals surface area contributed by atoms with Crippen LogP contribution < -0.4 is 5.73 Å². The highest BCUT2D eigenvalue weighted by Crippen LogP contribution is 2.14. The average Bonchev–Trinajstić information content (AvgIpc) is 2.28. The van der Waals surface area contributed by atoms with Crippen LogP contribution >= 0.6 is 12.2 Å². The Hall–Kier alpha value is -0.970. The molecule has 2 N–H and O–H groups in total. The smallest absolute Gasteiger partial charge is 0.103 e. The molecule has 0 saturated carbocycles. The zero-order chi connectivity index (χ0) is 13.1. The van der Waals surface area contributed by atoms with Crippen LogP contribution in [0.2, 0.25) is 0 Å². The van der Waals surface area contributed by atoms with Gasteiger partial charge in [-0.25, -0.2) is 0 Å². The van der Waals surface area contributed by atoms with E-state index in [0.717, 1.165) is 25.2 Å². The van der Waals surface area contributed by atoms with Crippen LogP contribution in [0.25, 0.3) is 0 Å². The molecule has 2 rings (SSSR count). The van der Waals surface area contributed by atoms with Crippen LogP contribution in [0.15, 0.2) is 24.3 Å². The van der Waals surface area contributed by atoms with Crippen molar-refractivity contribution in [3.8, 4) is 0 Å². The minimum atomic E-state index is 0.310. The Labute approximate surface area is 114 Å². The summed E-state index contributed by atoms with van der Waals surface area (Å²) in [5.41, 5.74) is 7.81. The minimum Gasteiger partial charge on any atom is -0.389 e. The van der Waals surface area contributed by atoms with Gasteiger partial charge in [0.25, 0.3) is 0 Å². The molecule has 0 radical (unpaired) electrons. The van der Waals surface area contributed by atoms with E-state index < -0.39 is 0 Å². The van der Waals surface area contributed by atoms with Gasteiger partial charge in [0.05, 0.1) is 12.2 Å². The van der Waals surface area contributed by atoms with Gasteiger partial charge < -0.3 is 10.5 Å². The second-order valence-electron chi connectivity index (χ2n) is 5.01. The molecule has 98 valence electrons. The molecule has 0 amide bonds. The molecule has 0 aliphatic carbocycles. The van der Waals surface area contributed by atoms with Gasteiger partial charge in [-0.3, -0.25) is 4.90 Å². The van der Waals surface area contributed by atoms with Crippen molar-refractivity contribution >= 4 is 17.2 Å². The van der Waals surface area contributed by atoms with E-state index in [1.807, 2.05) is 12.1 Å². The van der Waals surface area contributed by atoms with Gasteiger partial charge in [-0.05, 0) is 19.4 Å². The Bertz CT molecular complexity index is 408. The second kappa shape index (κ2) is 5.78. The van der Waals surface area contributed by atoms with Crippen LogP contribution in [0.5, 0.6) is 0 Å². The molecule has 2 atom stereocenters. The highest BCUT2D eigenvalue weighted by molar-refractivity contribution is 7.80. The maximum Gasteiger partial charge on any atom is 0.103 e. The van der Waals surface area contributed by atoms with E-state index in [1.165, 1.54) is 5.56 Å². The standard InChI is InChI=1S/C14H20N2OS/c1-10-7-16(8-11(2)17-10)9-12-3-5-13(6-4-12)14(15)18/h3-6,10-11H,7-9H2,1-2H3,(H2,15,18). The van der Waals surface area contributed by atoms with Crippen molar-refractivity contribution in [2.45, 2.75) is 32.6 Å². The van der Waals surface area contributed by atoms with Gasteiger partial charge in [0, 0.05) is 25.2 Å². The van der Waals surface area contributed by atoms with Crippen LogP contribution in [0, 0.1) is 0 Å². The van der Waals surface area contributed by atoms with Crippen LogP contribution in [-0.2, 0) is 11.3 Å². The van der Waals surface area contributed by atoms with Crippen LogP contribution in [0.4, 0.5) is 0 Å². The van der Waals surface area contributed by atoms with E-state index in [2.05, 4.69) is 30.9 Å². The number of morpholine rings is 1. The molecule has 4 heteroatoms. The summed E-state index contributed by atoms with van der Waals surface area (Å²) < 4.78 is 5.73. The maximum absolute atomic E-state index is 5.73. The zero-order valence-corrected chi connectivity index (χ0v) is 11.7. The van der Waals surface area contributed by atoms with Gasteiger partial charge in [0.1, 0.15) is 4.99 Å². The number of ether oxygens (including phenoxy) is 1. The van der Waals surface area contributed by atoms with E-state index in [1.54, 1.807) is 0 Å². The highest BCUT2D eigenvalue weighted by atomic mass is 32.1. The summed E-state index contributed by atoms with van der Waals surface area (Å²) in [7, 11) is 0. The molecule has 0 bridgehead atoms. The third kappa shape index (κ3) is 3.51. The number of hydrogen-bond donors (Lipinski definition) is 1. The van der Waals surface area contributed by atoms with Crippen LogP contribution in [0.3, 0.4) is 0 Å². The topological polar surface area (TPSA) is 38.5 Å². The lowest BCUT2D eigenvalue weighted by molar-refractivity contribution is -0.0704. The largest absolute Gasteiger partial charge is 0.389 e. The minimum absolute atomic E-state index is 0.310. The molecular formula is C14H20N2OS. The molecule has 0 spiro atoms. The van der Waals surface area contributed by atoms with Crippen molar-refractivity contribution < 1.29 is 4.74 Å². The van der Waals surface area contributed by atoms with Gasteiger partial charge in [-0.1, -0.05) is 36.5 Å². The number of hydrogen-bond acceptors (Lipinski definition) is 3. The van der Waals surface area contributed by atoms with Crippen molar-refractivity contribution in [1.82, 2.24) is 4.90 Å². The fourth-order valence-electron chi connectivity index (χ4n) is 2.45. The summed E-state index contributed by atoms with van der Waals surface area (Å²) in [6.45, 7) is 7.18. The van der Waals surface area contributed by atoms with Crippen LogP contribution in [-0.4, -0.2) is 35.2 Å². The normalized spacial score (nSPS) is 25.0. The Morgan fingerprint density at radius 1 is 1.28 bits per heavy atom. The van der Waals surface area contributed by atoms with Crippen molar-refractivity contribution in [3.05, 3.63) is 35.4 Å². The maximum atomic E-state index is 5.73. The van der Waals surface area contributed by atoms with E-state index in [-0.39, 0.29) is 0 Å². The van der Waals surface area contributed by atoms with Crippen molar-refractivity contribution in [1.29, 1.82) is 0 Å². The predicted octanol–water partition coefficient (Wildman–Crippen LogP) is 1.93. The predicted molar refractivity (Wildman–Crippen MR) is 77.6 cm³/mol. The quantitative estimate of drug-likeness (QED) is 0.847. The van der Waals surface area contributed by atoms with Gasteiger partial charge >= 0.3 is 0 Å². The van der Waals surface area contributed by atoms with E-state index in [0.29, 0.717) is 17.2 Å². The van der Waals surface area contributed by atoms with Crippen LogP contribution in [0.1, 0.15) is 25.0 Å². The monoisotopic (exact) mass is 264 g/mol. The molecule has 3 nitrogen and oxygen atoms in total. The lowest BCUT2D eigenvalue weighted by Gasteiger charge is -2.35. The summed E-state index contributed by atoms with van der Waals surface area (Å²) in [4.78, 5) is 2.88. The lowest BCUT2D eigenvalue weighted by atomic mass is 10.1. The van der Waals surface area contributed by atoms with Crippen molar-refractivity contribution in [2.24, 2.45) is 5.73 Å². The highest BCUT2D eigenvalue weighted by Gasteiger charge is 2.21.